The van der Waals surface area contributed by atoms with Crippen molar-refractivity contribution in [3.63, 3.8) is 0 Å². The molecule has 1 aliphatic rings. The molecule has 1 aromatic rings. The van der Waals surface area contributed by atoms with Gasteiger partial charge in [0.05, 0.1) is 14.2 Å². The molecular formula is C17H25N3O4. The summed E-state index contributed by atoms with van der Waals surface area (Å²) in [5.74, 6) is 0.829. The van der Waals surface area contributed by atoms with E-state index in [1.807, 2.05) is 24.3 Å². The number of methoxy groups -OCH3 is 2. The van der Waals surface area contributed by atoms with E-state index in [0.29, 0.717) is 39.1 Å². The topological polar surface area (TPSA) is 71.1 Å². The second-order valence-electron chi connectivity index (χ2n) is 5.59. The van der Waals surface area contributed by atoms with Gasteiger partial charge in [-0.3, -0.25) is 0 Å². The van der Waals surface area contributed by atoms with Gasteiger partial charge in [-0.05, 0) is 24.5 Å². The van der Waals surface area contributed by atoms with E-state index in [2.05, 4.69) is 5.32 Å². The Balaban J connectivity index is 1.79. The molecule has 1 fully saturated rings. The normalized spacial score (nSPS) is 14.8. The minimum atomic E-state index is -0.339. The van der Waals surface area contributed by atoms with E-state index in [0.717, 1.165) is 17.7 Å². The molecule has 7 heteroatoms. The van der Waals surface area contributed by atoms with Gasteiger partial charge in [-0.25, -0.2) is 9.59 Å². The van der Waals surface area contributed by atoms with Crippen molar-refractivity contribution in [2.45, 2.75) is 12.8 Å². The quantitative estimate of drug-likeness (QED) is 0.909. The maximum Gasteiger partial charge on any atom is 0.409 e. The number of carbonyl (C=O) groups excluding carboxylic acids is 2. The molecule has 24 heavy (non-hydrogen) atoms. The molecule has 132 valence electrons. The van der Waals surface area contributed by atoms with Crippen LogP contribution in [0.2, 0.25) is 0 Å². The lowest BCUT2D eigenvalue weighted by molar-refractivity contribution is 0.125. The maximum atomic E-state index is 12.3. The van der Waals surface area contributed by atoms with Crippen LogP contribution < -0.4 is 10.1 Å². The molecule has 1 aliphatic heterocycles. The smallest absolute Gasteiger partial charge is 0.409 e. The van der Waals surface area contributed by atoms with Crippen LogP contribution in [0.4, 0.5) is 9.59 Å². The number of nitrogens with zero attached hydrogens (tertiary/aromatic N) is 2. The molecule has 3 amide bonds. The lowest BCUT2D eigenvalue weighted by Gasteiger charge is -2.22. The third-order valence-corrected chi connectivity index (χ3v) is 4.08. The lowest BCUT2D eigenvalue weighted by atomic mass is 10.1. The maximum absolute atomic E-state index is 12.3. The van der Waals surface area contributed by atoms with E-state index < -0.39 is 0 Å². The minimum Gasteiger partial charge on any atom is -0.496 e. The molecule has 0 saturated carbocycles. The average Bonchev–Trinajstić information content (AvgIpc) is 2.87. The van der Waals surface area contributed by atoms with Crippen molar-refractivity contribution in [3.8, 4) is 5.75 Å². The monoisotopic (exact) mass is 335 g/mol. The van der Waals surface area contributed by atoms with Crippen LogP contribution in [0.5, 0.6) is 5.75 Å². The van der Waals surface area contributed by atoms with E-state index in [1.165, 1.54) is 7.11 Å². The number of benzene rings is 1. The van der Waals surface area contributed by atoms with E-state index in [4.69, 9.17) is 9.47 Å². The average molecular weight is 335 g/mol. The van der Waals surface area contributed by atoms with Crippen LogP contribution in [0.1, 0.15) is 12.0 Å². The standard InChI is InChI=1S/C17H25N3O4/c1-23-15-7-4-3-6-14(15)8-9-18-16(21)19-10-5-11-20(13-12-19)17(22)24-2/h3-4,6-7H,5,8-13H2,1-2H3,(H,18,21). The summed E-state index contributed by atoms with van der Waals surface area (Å²) in [6, 6.07) is 7.68. The molecule has 1 N–H and O–H groups in total. The summed E-state index contributed by atoms with van der Waals surface area (Å²) >= 11 is 0. The molecule has 0 radical (unpaired) electrons. The highest BCUT2D eigenvalue weighted by Crippen LogP contribution is 2.17. The summed E-state index contributed by atoms with van der Waals surface area (Å²) in [6.45, 7) is 2.78. The summed E-state index contributed by atoms with van der Waals surface area (Å²) in [7, 11) is 3.01. The van der Waals surface area contributed by atoms with Gasteiger partial charge < -0.3 is 24.6 Å². The number of amides is 3. The highest BCUT2D eigenvalue weighted by molar-refractivity contribution is 5.74. The van der Waals surface area contributed by atoms with Crippen molar-refractivity contribution in [3.05, 3.63) is 29.8 Å². The van der Waals surface area contributed by atoms with E-state index in [1.54, 1.807) is 16.9 Å². The van der Waals surface area contributed by atoms with Crippen LogP contribution in [0.25, 0.3) is 0 Å². The van der Waals surface area contributed by atoms with Gasteiger partial charge in [0.15, 0.2) is 0 Å². The summed E-state index contributed by atoms with van der Waals surface area (Å²) in [5.41, 5.74) is 1.06. The molecule has 2 rings (SSSR count). The molecular weight excluding hydrogens is 310 g/mol. The van der Waals surface area contributed by atoms with Gasteiger partial charge in [-0.15, -0.1) is 0 Å². The third kappa shape index (κ3) is 4.78. The Labute approximate surface area is 142 Å². The molecule has 0 spiro atoms. The molecule has 7 nitrogen and oxygen atoms in total. The molecule has 0 aliphatic carbocycles. The van der Waals surface area contributed by atoms with Crippen molar-refractivity contribution in [2.24, 2.45) is 0 Å². The molecule has 1 heterocycles. The third-order valence-electron chi connectivity index (χ3n) is 4.08. The second-order valence-corrected chi connectivity index (χ2v) is 5.59. The van der Waals surface area contributed by atoms with Gasteiger partial charge in [0, 0.05) is 32.7 Å². The van der Waals surface area contributed by atoms with E-state index in [-0.39, 0.29) is 12.1 Å². The Hall–Kier alpha value is -2.44. The van der Waals surface area contributed by atoms with Gasteiger partial charge in [0.1, 0.15) is 5.75 Å². The van der Waals surface area contributed by atoms with Gasteiger partial charge in [0.2, 0.25) is 0 Å². The van der Waals surface area contributed by atoms with Crippen molar-refractivity contribution in [2.75, 3.05) is 46.9 Å². The van der Waals surface area contributed by atoms with Crippen LogP contribution in [0, 0.1) is 0 Å². The number of hydrogen-bond acceptors (Lipinski definition) is 4. The highest BCUT2D eigenvalue weighted by Gasteiger charge is 2.22. The first-order valence-electron chi connectivity index (χ1n) is 8.13. The molecule has 0 unspecified atom stereocenters. The van der Waals surface area contributed by atoms with E-state index >= 15 is 0 Å². The molecule has 0 atom stereocenters. The van der Waals surface area contributed by atoms with E-state index in [9.17, 15) is 9.59 Å². The van der Waals surface area contributed by atoms with Crippen LogP contribution in [-0.2, 0) is 11.2 Å². The Kier molecular flexibility index (Phi) is 6.72. The first kappa shape index (κ1) is 17.9. The Morgan fingerprint density at radius 2 is 1.79 bits per heavy atom. The number of ether oxygens (including phenoxy) is 2. The fraction of sp³-hybridized carbons (Fsp3) is 0.529. The SMILES string of the molecule is COC(=O)N1CCCN(C(=O)NCCc2ccccc2OC)CC1. The van der Waals surface area contributed by atoms with Crippen molar-refractivity contribution in [1.29, 1.82) is 0 Å². The molecule has 0 bridgehead atoms. The Morgan fingerprint density at radius 3 is 2.54 bits per heavy atom. The summed E-state index contributed by atoms with van der Waals surface area (Å²) in [4.78, 5) is 27.2. The van der Waals surface area contributed by atoms with Crippen LogP contribution >= 0.6 is 0 Å². The highest BCUT2D eigenvalue weighted by atomic mass is 16.5. The summed E-state index contributed by atoms with van der Waals surface area (Å²) in [6.07, 6.45) is 1.11. The summed E-state index contributed by atoms with van der Waals surface area (Å²) < 4.78 is 10.0. The van der Waals surface area contributed by atoms with Crippen molar-refractivity contribution < 1.29 is 19.1 Å². The van der Waals surface area contributed by atoms with Gasteiger partial charge in [0.25, 0.3) is 0 Å². The number of hydrogen-bond donors (Lipinski definition) is 1. The number of urea groups is 1. The van der Waals surface area contributed by atoms with Crippen LogP contribution in [0.3, 0.4) is 0 Å². The van der Waals surface area contributed by atoms with Gasteiger partial charge in [-0.2, -0.15) is 0 Å². The number of para-hydroxylation sites is 1. The zero-order chi connectivity index (χ0) is 17.4. The summed E-state index contributed by atoms with van der Waals surface area (Å²) in [5, 5.41) is 2.93. The number of nitrogens with one attached hydrogen (secondary N) is 1. The van der Waals surface area contributed by atoms with Crippen molar-refractivity contribution >= 4 is 12.1 Å². The molecule has 1 aromatic carbocycles. The largest absolute Gasteiger partial charge is 0.496 e. The van der Waals surface area contributed by atoms with Gasteiger partial charge >= 0.3 is 12.1 Å². The Bertz CT molecular complexity index is 565. The zero-order valence-electron chi connectivity index (χ0n) is 14.3. The van der Waals surface area contributed by atoms with Crippen LogP contribution in [0.15, 0.2) is 24.3 Å². The predicted octanol–water partition coefficient (Wildman–Crippen LogP) is 1.72. The van der Waals surface area contributed by atoms with Crippen molar-refractivity contribution in [1.82, 2.24) is 15.1 Å². The number of carbonyl (C=O) groups is 2. The fourth-order valence-electron chi connectivity index (χ4n) is 2.76. The molecule has 0 aromatic heterocycles. The molecule has 1 saturated heterocycles. The fourth-order valence-corrected chi connectivity index (χ4v) is 2.76. The number of rotatable bonds is 4. The van der Waals surface area contributed by atoms with Crippen LogP contribution in [-0.4, -0.2) is 68.9 Å². The lowest BCUT2D eigenvalue weighted by Crippen LogP contribution is -2.43. The minimum absolute atomic E-state index is 0.100. The zero-order valence-corrected chi connectivity index (χ0v) is 14.3. The van der Waals surface area contributed by atoms with Gasteiger partial charge in [-0.1, -0.05) is 18.2 Å². The first-order valence-corrected chi connectivity index (χ1v) is 8.13. The first-order chi connectivity index (χ1) is 11.7. The Morgan fingerprint density at radius 1 is 1.08 bits per heavy atom. The predicted molar refractivity (Wildman–Crippen MR) is 90.3 cm³/mol. The second kappa shape index (κ2) is 9.00.